The summed E-state index contributed by atoms with van der Waals surface area (Å²) in [6, 6.07) is 0.0312. The van der Waals surface area contributed by atoms with Gasteiger partial charge in [-0.05, 0) is 18.3 Å². The Morgan fingerprint density at radius 3 is 2.47 bits per heavy atom. The average Bonchev–Trinajstić information content (AvgIpc) is 2.44. The first-order chi connectivity index (χ1) is 6.97. The Labute approximate surface area is 93.2 Å². The molecule has 1 amide bonds. The summed E-state index contributed by atoms with van der Waals surface area (Å²) in [6.07, 6.45) is 2.32. The highest BCUT2D eigenvalue weighted by Gasteiger charge is 2.38. The van der Waals surface area contributed by atoms with Crippen LogP contribution >= 0.6 is 0 Å². The molecule has 3 heteroatoms. The smallest absolute Gasteiger partial charge is 0.241 e. The second-order valence-electron chi connectivity index (χ2n) is 5.12. The van der Waals surface area contributed by atoms with Gasteiger partial charge in [-0.15, -0.1) is 0 Å². The molecule has 15 heavy (non-hydrogen) atoms. The van der Waals surface area contributed by atoms with Gasteiger partial charge >= 0.3 is 0 Å². The van der Waals surface area contributed by atoms with Crippen molar-refractivity contribution in [2.24, 2.45) is 11.8 Å². The zero-order valence-electron chi connectivity index (χ0n) is 10.6. The fraction of sp³-hybridized carbons (Fsp3) is 0.917. The lowest BCUT2D eigenvalue weighted by Crippen LogP contribution is -2.37. The van der Waals surface area contributed by atoms with Crippen LogP contribution in [0.15, 0.2) is 0 Å². The number of carbonyl (C=O) groups excluding carboxylic acids is 1. The molecule has 0 aromatic carbocycles. The van der Waals surface area contributed by atoms with Gasteiger partial charge in [0.2, 0.25) is 5.91 Å². The SMILES string of the molecule is CCC(C)C1NC(CC(C)C)N(C)C1=O. The lowest BCUT2D eigenvalue weighted by molar-refractivity contribution is -0.129. The Bertz CT molecular complexity index is 228. The Balaban J connectivity index is 2.63. The molecule has 0 radical (unpaired) electrons. The van der Waals surface area contributed by atoms with Crippen molar-refractivity contribution < 1.29 is 4.79 Å². The average molecular weight is 212 g/mol. The molecule has 3 unspecified atom stereocenters. The Hall–Kier alpha value is -0.570. The number of rotatable bonds is 4. The highest BCUT2D eigenvalue weighted by Crippen LogP contribution is 2.21. The van der Waals surface area contributed by atoms with E-state index in [1.807, 2.05) is 11.9 Å². The molecule has 1 fully saturated rings. The van der Waals surface area contributed by atoms with Crippen molar-refractivity contribution >= 4 is 5.91 Å². The summed E-state index contributed by atoms with van der Waals surface area (Å²) in [5, 5.41) is 3.45. The molecule has 1 rings (SSSR count). The van der Waals surface area contributed by atoms with E-state index in [9.17, 15) is 4.79 Å². The summed E-state index contributed by atoms with van der Waals surface area (Å²) in [5.74, 6) is 1.31. The second-order valence-corrected chi connectivity index (χ2v) is 5.12. The quantitative estimate of drug-likeness (QED) is 0.771. The van der Waals surface area contributed by atoms with Gasteiger partial charge in [-0.25, -0.2) is 0 Å². The maximum Gasteiger partial charge on any atom is 0.241 e. The Kier molecular flexibility index (Phi) is 4.14. The minimum Gasteiger partial charge on any atom is -0.329 e. The van der Waals surface area contributed by atoms with Gasteiger partial charge in [0.25, 0.3) is 0 Å². The Morgan fingerprint density at radius 1 is 1.40 bits per heavy atom. The molecule has 0 spiro atoms. The molecule has 1 N–H and O–H groups in total. The van der Waals surface area contributed by atoms with Gasteiger partial charge in [0, 0.05) is 7.05 Å². The molecule has 88 valence electrons. The molecule has 3 atom stereocenters. The van der Waals surface area contributed by atoms with E-state index in [1.165, 1.54) is 0 Å². The summed E-state index contributed by atoms with van der Waals surface area (Å²) < 4.78 is 0. The van der Waals surface area contributed by atoms with E-state index in [0.717, 1.165) is 12.8 Å². The van der Waals surface area contributed by atoms with Crippen LogP contribution in [0.3, 0.4) is 0 Å². The molecular weight excluding hydrogens is 188 g/mol. The van der Waals surface area contributed by atoms with Crippen molar-refractivity contribution in [2.75, 3.05) is 7.05 Å². The maximum absolute atomic E-state index is 12.0. The number of hydrogen-bond donors (Lipinski definition) is 1. The minimum absolute atomic E-state index is 0.0312. The lowest BCUT2D eigenvalue weighted by atomic mass is 9.99. The van der Waals surface area contributed by atoms with Crippen LogP contribution in [0, 0.1) is 11.8 Å². The number of nitrogens with zero attached hydrogens (tertiary/aromatic N) is 1. The molecule has 0 aliphatic carbocycles. The van der Waals surface area contributed by atoms with Gasteiger partial charge in [-0.1, -0.05) is 34.1 Å². The van der Waals surface area contributed by atoms with Crippen molar-refractivity contribution in [2.45, 2.75) is 52.7 Å². The number of hydrogen-bond acceptors (Lipinski definition) is 2. The summed E-state index contributed by atoms with van der Waals surface area (Å²) in [7, 11) is 1.91. The van der Waals surface area contributed by atoms with E-state index in [2.05, 4.69) is 33.0 Å². The summed E-state index contributed by atoms with van der Waals surface area (Å²) >= 11 is 0. The van der Waals surface area contributed by atoms with Gasteiger partial charge in [0.15, 0.2) is 0 Å². The van der Waals surface area contributed by atoms with Crippen LogP contribution in [0.1, 0.15) is 40.5 Å². The highest BCUT2D eigenvalue weighted by atomic mass is 16.2. The van der Waals surface area contributed by atoms with Crippen molar-refractivity contribution in [3.8, 4) is 0 Å². The van der Waals surface area contributed by atoms with E-state index in [-0.39, 0.29) is 18.1 Å². The van der Waals surface area contributed by atoms with Crippen molar-refractivity contribution in [3.05, 3.63) is 0 Å². The molecule has 0 saturated carbocycles. The number of likely N-dealkylation sites (N-methyl/N-ethyl adjacent to an activating group) is 1. The molecule has 0 aromatic rings. The topological polar surface area (TPSA) is 32.3 Å². The van der Waals surface area contributed by atoms with Crippen LogP contribution in [0.4, 0.5) is 0 Å². The van der Waals surface area contributed by atoms with Crippen LogP contribution in [0.2, 0.25) is 0 Å². The van der Waals surface area contributed by atoms with Crippen LogP contribution < -0.4 is 5.32 Å². The molecular formula is C12H24N2O. The third-order valence-electron chi connectivity index (χ3n) is 3.36. The summed E-state index contributed by atoms with van der Waals surface area (Å²) in [6.45, 7) is 8.66. The third-order valence-corrected chi connectivity index (χ3v) is 3.36. The standard InChI is InChI=1S/C12H24N2O/c1-6-9(4)11-12(15)14(5)10(13-11)7-8(2)3/h8-11,13H,6-7H2,1-5H3. The first-order valence-corrected chi connectivity index (χ1v) is 6.00. The zero-order chi connectivity index (χ0) is 11.6. The van der Waals surface area contributed by atoms with Gasteiger partial charge in [-0.3, -0.25) is 10.1 Å². The normalized spacial score (nSPS) is 28.9. The summed E-state index contributed by atoms with van der Waals surface area (Å²) in [4.78, 5) is 13.8. The van der Waals surface area contributed by atoms with E-state index in [1.54, 1.807) is 0 Å². The predicted octanol–water partition coefficient (Wildman–Crippen LogP) is 1.83. The van der Waals surface area contributed by atoms with Crippen molar-refractivity contribution in [1.29, 1.82) is 0 Å². The van der Waals surface area contributed by atoms with E-state index >= 15 is 0 Å². The van der Waals surface area contributed by atoms with Crippen LogP contribution in [-0.2, 0) is 4.79 Å². The first-order valence-electron chi connectivity index (χ1n) is 6.00. The monoisotopic (exact) mass is 212 g/mol. The van der Waals surface area contributed by atoms with Crippen LogP contribution in [0.5, 0.6) is 0 Å². The van der Waals surface area contributed by atoms with Gasteiger partial charge in [-0.2, -0.15) is 0 Å². The minimum atomic E-state index is 0.0312. The maximum atomic E-state index is 12.0. The number of carbonyl (C=O) groups is 1. The van der Waals surface area contributed by atoms with Gasteiger partial charge < -0.3 is 4.90 Å². The third kappa shape index (κ3) is 2.71. The molecule has 1 saturated heterocycles. The first kappa shape index (κ1) is 12.5. The predicted molar refractivity (Wildman–Crippen MR) is 62.4 cm³/mol. The van der Waals surface area contributed by atoms with Crippen molar-refractivity contribution in [1.82, 2.24) is 10.2 Å². The van der Waals surface area contributed by atoms with Gasteiger partial charge in [0.05, 0.1) is 12.2 Å². The molecule has 0 bridgehead atoms. The largest absolute Gasteiger partial charge is 0.329 e. The Morgan fingerprint density at radius 2 is 2.00 bits per heavy atom. The fourth-order valence-corrected chi connectivity index (χ4v) is 2.08. The van der Waals surface area contributed by atoms with Crippen LogP contribution in [-0.4, -0.2) is 30.1 Å². The van der Waals surface area contributed by atoms with Crippen LogP contribution in [0.25, 0.3) is 0 Å². The van der Waals surface area contributed by atoms with Crippen molar-refractivity contribution in [3.63, 3.8) is 0 Å². The van der Waals surface area contributed by atoms with E-state index in [4.69, 9.17) is 0 Å². The summed E-state index contributed by atoms with van der Waals surface area (Å²) in [5.41, 5.74) is 0. The molecule has 3 nitrogen and oxygen atoms in total. The zero-order valence-corrected chi connectivity index (χ0v) is 10.6. The second kappa shape index (κ2) is 4.97. The highest BCUT2D eigenvalue weighted by molar-refractivity contribution is 5.84. The number of nitrogens with one attached hydrogen (secondary N) is 1. The molecule has 1 aliphatic heterocycles. The van der Waals surface area contributed by atoms with Gasteiger partial charge in [0.1, 0.15) is 0 Å². The number of amides is 1. The van der Waals surface area contributed by atoms with E-state index in [0.29, 0.717) is 11.8 Å². The molecule has 0 aromatic heterocycles. The molecule has 1 aliphatic rings. The molecule has 1 heterocycles. The fourth-order valence-electron chi connectivity index (χ4n) is 2.08. The lowest BCUT2D eigenvalue weighted by Gasteiger charge is -2.21. The van der Waals surface area contributed by atoms with E-state index < -0.39 is 0 Å².